The van der Waals surface area contributed by atoms with Crippen LogP contribution in [0.25, 0.3) is 0 Å². The number of nitrogens with one attached hydrogen (secondary N) is 1. The van der Waals surface area contributed by atoms with Crippen molar-refractivity contribution in [3.8, 4) is 0 Å². The molecule has 0 aliphatic rings. The zero-order valence-electron chi connectivity index (χ0n) is 12.5. The van der Waals surface area contributed by atoms with Gasteiger partial charge in [-0.15, -0.1) is 0 Å². The van der Waals surface area contributed by atoms with Gasteiger partial charge in [-0.05, 0) is 30.3 Å². The summed E-state index contributed by atoms with van der Waals surface area (Å²) in [5.74, 6) is -2.58. The molecule has 9 heteroatoms. The van der Waals surface area contributed by atoms with E-state index in [-0.39, 0.29) is 0 Å². The standard InChI is InChI=1S/C15H13BrF2N2O3S/c1-24(22,23)20(14-6-5-11(17)8-13(14)18)9-15(21)19-12-4-2-3-10(16)7-12/h2-8H,9H2,1H3,(H,19,21). The molecule has 128 valence electrons. The van der Waals surface area contributed by atoms with E-state index in [1.807, 2.05) is 0 Å². The number of benzene rings is 2. The molecule has 0 aromatic heterocycles. The van der Waals surface area contributed by atoms with Gasteiger partial charge in [0.15, 0.2) is 0 Å². The van der Waals surface area contributed by atoms with E-state index in [1.54, 1.807) is 24.3 Å². The summed E-state index contributed by atoms with van der Waals surface area (Å²) in [7, 11) is -3.95. The van der Waals surface area contributed by atoms with Crippen LogP contribution in [0.5, 0.6) is 0 Å². The molecular weight excluding hydrogens is 406 g/mol. The predicted octanol–water partition coefficient (Wildman–Crippen LogP) is 3.13. The summed E-state index contributed by atoms with van der Waals surface area (Å²) in [4.78, 5) is 12.1. The molecule has 0 saturated carbocycles. The number of hydrogen-bond donors (Lipinski definition) is 1. The van der Waals surface area contributed by atoms with E-state index in [1.165, 1.54) is 0 Å². The normalized spacial score (nSPS) is 11.2. The van der Waals surface area contributed by atoms with Crippen LogP contribution >= 0.6 is 15.9 Å². The van der Waals surface area contributed by atoms with Crippen molar-refractivity contribution in [1.82, 2.24) is 0 Å². The molecule has 1 amide bonds. The van der Waals surface area contributed by atoms with Crippen molar-refractivity contribution in [1.29, 1.82) is 0 Å². The van der Waals surface area contributed by atoms with E-state index in [0.717, 1.165) is 22.9 Å². The van der Waals surface area contributed by atoms with Gasteiger partial charge in [-0.3, -0.25) is 9.10 Å². The summed E-state index contributed by atoms with van der Waals surface area (Å²) < 4.78 is 52.0. The van der Waals surface area contributed by atoms with Crippen LogP contribution in [0.3, 0.4) is 0 Å². The van der Waals surface area contributed by atoms with Gasteiger partial charge in [0.2, 0.25) is 15.9 Å². The van der Waals surface area contributed by atoms with Gasteiger partial charge in [-0.1, -0.05) is 22.0 Å². The first-order valence-corrected chi connectivity index (χ1v) is 9.29. The molecule has 0 heterocycles. The maximum absolute atomic E-state index is 13.9. The zero-order chi connectivity index (χ0) is 17.9. The first kappa shape index (κ1) is 18.3. The van der Waals surface area contributed by atoms with Crippen molar-refractivity contribution >= 4 is 43.2 Å². The molecule has 2 aromatic rings. The Bertz CT molecular complexity index is 875. The Morgan fingerprint density at radius 1 is 1.21 bits per heavy atom. The average molecular weight is 419 g/mol. The van der Waals surface area contributed by atoms with Gasteiger partial charge in [0.25, 0.3) is 0 Å². The molecular formula is C15H13BrF2N2O3S. The number of nitrogens with zero attached hydrogens (tertiary/aromatic N) is 1. The lowest BCUT2D eigenvalue weighted by Gasteiger charge is -2.22. The largest absolute Gasteiger partial charge is 0.324 e. The second-order valence-electron chi connectivity index (χ2n) is 4.92. The highest BCUT2D eigenvalue weighted by Crippen LogP contribution is 2.23. The third kappa shape index (κ3) is 4.75. The molecule has 0 saturated heterocycles. The van der Waals surface area contributed by atoms with E-state index in [4.69, 9.17) is 0 Å². The predicted molar refractivity (Wildman–Crippen MR) is 91.3 cm³/mol. The average Bonchev–Trinajstić information content (AvgIpc) is 2.44. The number of anilines is 2. The van der Waals surface area contributed by atoms with Crippen LogP contribution < -0.4 is 9.62 Å². The van der Waals surface area contributed by atoms with Crippen LogP contribution in [0.15, 0.2) is 46.9 Å². The first-order valence-electron chi connectivity index (χ1n) is 6.65. The van der Waals surface area contributed by atoms with E-state index in [2.05, 4.69) is 21.2 Å². The number of amides is 1. The number of hydrogen-bond acceptors (Lipinski definition) is 3. The number of carbonyl (C=O) groups excluding carboxylic acids is 1. The van der Waals surface area contributed by atoms with Crippen LogP contribution in [0, 0.1) is 11.6 Å². The monoisotopic (exact) mass is 418 g/mol. The molecule has 2 rings (SSSR count). The van der Waals surface area contributed by atoms with Crippen LogP contribution in [0.4, 0.5) is 20.2 Å². The zero-order valence-corrected chi connectivity index (χ0v) is 14.9. The van der Waals surface area contributed by atoms with Crippen molar-refractivity contribution in [2.45, 2.75) is 0 Å². The number of halogens is 3. The summed E-state index contributed by atoms with van der Waals surface area (Å²) in [6, 6.07) is 9.13. The lowest BCUT2D eigenvalue weighted by molar-refractivity contribution is -0.114. The van der Waals surface area contributed by atoms with Gasteiger partial charge in [-0.25, -0.2) is 17.2 Å². The summed E-state index contributed by atoms with van der Waals surface area (Å²) in [6.07, 6.45) is 0.835. The van der Waals surface area contributed by atoms with Gasteiger partial charge in [0.1, 0.15) is 18.2 Å². The molecule has 1 N–H and O–H groups in total. The Kier molecular flexibility index (Phi) is 5.55. The second kappa shape index (κ2) is 7.27. The van der Waals surface area contributed by atoms with Crippen molar-refractivity contribution in [3.63, 3.8) is 0 Å². The summed E-state index contributed by atoms with van der Waals surface area (Å²) in [5.41, 5.74) is 0.0469. The van der Waals surface area contributed by atoms with Gasteiger partial charge in [0.05, 0.1) is 11.9 Å². The topological polar surface area (TPSA) is 66.5 Å². The number of rotatable bonds is 5. The Morgan fingerprint density at radius 3 is 2.50 bits per heavy atom. The van der Waals surface area contributed by atoms with Crippen LogP contribution in [0.2, 0.25) is 0 Å². The van der Waals surface area contributed by atoms with Crippen molar-refractivity contribution in [3.05, 3.63) is 58.6 Å². The van der Waals surface area contributed by atoms with Crippen LogP contribution in [0.1, 0.15) is 0 Å². The van der Waals surface area contributed by atoms with Crippen molar-refractivity contribution in [2.24, 2.45) is 0 Å². The first-order chi connectivity index (χ1) is 11.2. The Morgan fingerprint density at radius 2 is 1.92 bits per heavy atom. The maximum atomic E-state index is 13.9. The highest BCUT2D eigenvalue weighted by Gasteiger charge is 2.24. The highest BCUT2D eigenvalue weighted by atomic mass is 79.9. The SMILES string of the molecule is CS(=O)(=O)N(CC(=O)Nc1cccc(Br)c1)c1ccc(F)cc1F. The smallest absolute Gasteiger partial charge is 0.245 e. The fraction of sp³-hybridized carbons (Fsp3) is 0.133. The van der Waals surface area contributed by atoms with Gasteiger partial charge in [-0.2, -0.15) is 0 Å². The number of sulfonamides is 1. The minimum Gasteiger partial charge on any atom is -0.324 e. The molecule has 0 unspecified atom stereocenters. The van der Waals surface area contributed by atoms with Crippen LogP contribution in [-0.4, -0.2) is 27.1 Å². The third-order valence-electron chi connectivity index (χ3n) is 2.97. The molecule has 0 aliphatic heterocycles. The molecule has 0 spiro atoms. The van der Waals surface area contributed by atoms with Gasteiger partial charge >= 0.3 is 0 Å². The van der Waals surface area contributed by atoms with Gasteiger partial charge in [0, 0.05) is 16.2 Å². The minimum atomic E-state index is -3.95. The quantitative estimate of drug-likeness (QED) is 0.810. The van der Waals surface area contributed by atoms with Crippen LogP contribution in [-0.2, 0) is 14.8 Å². The van der Waals surface area contributed by atoms with E-state index < -0.39 is 39.8 Å². The minimum absolute atomic E-state index is 0.400. The molecule has 0 radical (unpaired) electrons. The molecule has 5 nitrogen and oxygen atoms in total. The Balaban J connectivity index is 2.25. The van der Waals surface area contributed by atoms with E-state index in [9.17, 15) is 22.0 Å². The molecule has 24 heavy (non-hydrogen) atoms. The maximum Gasteiger partial charge on any atom is 0.245 e. The second-order valence-corrected chi connectivity index (χ2v) is 7.75. The van der Waals surface area contributed by atoms with Gasteiger partial charge < -0.3 is 5.32 Å². The molecule has 0 fully saturated rings. The summed E-state index contributed by atoms with van der Waals surface area (Å²) in [5, 5.41) is 2.51. The highest BCUT2D eigenvalue weighted by molar-refractivity contribution is 9.10. The summed E-state index contributed by atoms with van der Waals surface area (Å²) in [6.45, 7) is -0.645. The van der Waals surface area contributed by atoms with Crippen molar-refractivity contribution < 1.29 is 22.0 Å². The lowest BCUT2D eigenvalue weighted by Crippen LogP contribution is -2.38. The van der Waals surface area contributed by atoms with E-state index in [0.29, 0.717) is 16.1 Å². The molecule has 0 aliphatic carbocycles. The number of carbonyl (C=O) groups is 1. The third-order valence-corrected chi connectivity index (χ3v) is 4.59. The Hall–Kier alpha value is -2.00. The molecule has 0 bridgehead atoms. The van der Waals surface area contributed by atoms with Crippen molar-refractivity contribution in [2.75, 3.05) is 22.4 Å². The van der Waals surface area contributed by atoms with E-state index >= 15 is 0 Å². The fourth-order valence-corrected chi connectivity index (χ4v) is 3.22. The molecule has 2 aromatic carbocycles. The lowest BCUT2D eigenvalue weighted by atomic mass is 10.3. The molecule has 0 atom stereocenters. The Labute approximate surface area is 146 Å². The fourth-order valence-electron chi connectivity index (χ4n) is 1.96. The summed E-state index contributed by atoms with van der Waals surface area (Å²) >= 11 is 3.24.